The van der Waals surface area contributed by atoms with E-state index in [9.17, 15) is 4.79 Å². The fourth-order valence-corrected chi connectivity index (χ4v) is 4.98. The predicted molar refractivity (Wildman–Crippen MR) is 113 cm³/mol. The molecule has 5 nitrogen and oxygen atoms in total. The fraction of sp³-hybridized carbons (Fsp3) is 0.458. The first kappa shape index (κ1) is 19.8. The van der Waals surface area contributed by atoms with E-state index in [1.54, 1.807) is 14.2 Å². The summed E-state index contributed by atoms with van der Waals surface area (Å²) in [4.78, 5) is 15.5. The lowest BCUT2D eigenvalue weighted by atomic mass is 9.81. The molecule has 2 fully saturated rings. The third-order valence-corrected chi connectivity index (χ3v) is 6.36. The van der Waals surface area contributed by atoms with Gasteiger partial charge >= 0.3 is 0 Å². The summed E-state index contributed by atoms with van der Waals surface area (Å²) in [7, 11) is 3.34. The number of nitrogens with zero attached hydrogens (tertiary/aromatic N) is 1. The average molecular weight is 395 g/mol. The number of methoxy groups -OCH3 is 2. The Hall–Kier alpha value is -2.53. The monoisotopic (exact) mass is 394 g/mol. The van der Waals surface area contributed by atoms with Gasteiger partial charge in [0, 0.05) is 30.2 Å². The minimum atomic E-state index is -0.0382. The van der Waals surface area contributed by atoms with Crippen LogP contribution in [0.25, 0.3) is 0 Å². The number of benzene rings is 2. The number of fused-ring (bicyclic) bond motifs is 2. The molecule has 4 rings (SSSR count). The maximum Gasteiger partial charge on any atom is 0.255 e. The summed E-state index contributed by atoms with van der Waals surface area (Å²) in [6, 6.07) is 16.9. The van der Waals surface area contributed by atoms with Crippen molar-refractivity contribution in [2.75, 3.05) is 14.2 Å². The standard InChI is InChI=1S/C24H30N2O3/c1-28-22-12-5-3-8-17(22)16-26-19-9-7-10-20(26)15-18(14-19)25-24(27)21-11-4-6-13-23(21)29-2/h3-6,8,11-13,18-20H,7,9-10,14-16H2,1-2H3,(H,25,27)/t19-,20-/m0/s1. The summed E-state index contributed by atoms with van der Waals surface area (Å²) in [6.07, 6.45) is 5.63. The molecule has 29 heavy (non-hydrogen) atoms. The first-order valence-electron chi connectivity index (χ1n) is 10.5. The number of carbonyl (C=O) groups is 1. The van der Waals surface area contributed by atoms with Crippen molar-refractivity contribution in [3.8, 4) is 11.5 Å². The molecule has 0 spiro atoms. The molecule has 2 bridgehead atoms. The summed E-state index contributed by atoms with van der Waals surface area (Å²) in [5.41, 5.74) is 1.85. The van der Waals surface area contributed by atoms with Crippen LogP contribution in [-0.4, -0.2) is 43.2 Å². The Balaban J connectivity index is 1.45. The van der Waals surface area contributed by atoms with Gasteiger partial charge in [-0.15, -0.1) is 0 Å². The summed E-state index contributed by atoms with van der Waals surface area (Å²) in [5.74, 6) is 1.54. The molecule has 0 aliphatic carbocycles. The predicted octanol–water partition coefficient (Wildman–Crippen LogP) is 4.02. The molecule has 0 radical (unpaired) electrons. The number of para-hydroxylation sites is 2. The molecule has 0 unspecified atom stereocenters. The van der Waals surface area contributed by atoms with Gasteiger partial charge in [0.15, 0.2) is 0 Å². The summed E-state index contributed by atoms with van der Waals surface area (Å²) < 4.78 is 10.9. The maximum absolute atomic E-state index is 12.8. The molecule has 2 aromatic carbocycles. The van der Waals surface area contributed by atoms with Gasteiger partial charge < -0.3 is 14.8 Å². The van der Waals surface area contributed by atoms with Crippen molar-refractivity contribution in [2.24, 2.45) is 0 Å². The second kappa shape index (κ2) is 8.87. The largest absolute Gasteiger partial charge is 0.496 e. The zero-order valence-corrected chi connectivity index (χ0v) is 17.3. The number of hydrogen-bond donors (Lipinski definition) is 1. The Labute approximate surface area is 173 Å². The van der Waals surface area contributed by atoms with Gasteiger partial charge in [0.1, 0.15) is 11.5 Å². The van der Waals surface area contributed by atoms with E-state index in [-0.39, 0.29) is 11.9 Å². The normalized spacial score (nSPS) is 24.0. The lowest BCUT2D eigenvalue weighted by Crippen LogP contribution is -2.56. The Morgan fingerprint density at radius 1 is 0.966 bits per heavy atom. The minimum absolute atomic E-state index is 0.0382. The first-order chi connectivity index (χ1) is 14.2. The molecule has 2 aliphatic heterocycles. The van der Waals surface area contributed by atoms with E-state index in [0.717, 1.165) is 25.1 Å². The van der Waals surface area contributed by atoms with Crippen LogP contribution in [0.1, 0.15) is 48.0 Å². The lowest BCUT2D eigenvalue weighted by Gasteiger charge is -2.49. The molecule has 5 heteroatoms. The van der Waals surface area contributed by atoms with Crippen LogP contribution >= 0.6 is 0 Å². The van der Waals surface area contributed by atoms with Gasteiger partial charge in [-0.1, -0.05) is 36.8 Å². The van der Waals surface area contributed by atoms with E-state index < -0.39 is 0 Å². The summed E-state index contributed by atoms with van der Waals surface area (Å²) >= 11 is 0. The second-order valence-electron chi connectivity index (χ2n) is 8.06. The van der Waals surface area contributed by atoms with Crippen molar-refractivity contribution in [3.63, 3.8) is 0 Å². The third kappa shape index (κ3) is 4.25. The van der Waals surface area contributed by atoms with Gasteiger partial charge in [0.2, 0.25) is 0 Å². The fourth-order valence-electron chi connectivity index (χ4n) is 4.98. The number of amides is 1. The Morgan fingerprint density at radius 3 is 2.28 bits per heavy atom. The molecule has 1 amide bonds. The van der Waals surface area contributed by atoms with Gasteiger partial charge in [-0.2, -0.15) is 0 Å². The van der Waals surface area contributed by atoms with E-state index in [0.29, 0.717) is 23.4 Å². The topological polar surface area (TPSA) is 50.8 Å². The smallest absolute Gasteiger partial charge is 0.255 e. The molecule has 1 N–H and O–H groups in total. The van der Waals surface area contributed by atoms with Crippen molar-refractivity contribution < 1.29 is 14.3 Å². The van der Waals surface area contributed by atoms with Crippen molar-refractivity contribution >= 4 is 5.91 Å². The Bertz CT molecular complexity index is 840. The van der Waals surface area contributed by atoms with E-state index in [1.807, 2.05) is 36.4 Å². The SMILES string of the molecule is COc1ccccc1CN1[C@H]2CCC[C@H]1CC(NC(=O)c1ccccc1OC)C2. The van der Waals surface area contributed by atoms with E-state index in [1.165, 1.54) is 24.8 Å². The Morgan fingerprint density at radius 2 is 1.59 bits per heavy atom. The van der Waals surface area contributed by atoms with Crippen LogP contribution < -0.4 is 14.8 Å². The van der Waals surface area contributed by atoms with Gasteiger partial charge in [0.25, 0.3) is 5.91 Å². The van der Waals surface area contributed by atoms with Gasteiger partial charge in [-0.05, 0) is 43.9 Å². The molecular weight excluding hydrogens is 364 g/mol. The summed E-state index contributed by atoms with van der Waals surface area (Å²) in [5, 5.41) is 3.28. The maximum atomic E-state index is 12.8. The lowest BCUT2D eigenvalue weighted by molar-refractivity contribution is 0.0172. The zero-order chi connectivity index (χ0) is 20.2. The minimum Gasteiger partial charge on any atom is -0.496 e. The molecule has 2 saturated heterocycles. The average Bonchev–Trinajstić information content (AvgIpc) is 2.74. The van der Waals surface area contributed by atoms with Crippen LogP contribution in [0.4, 0.5) is 0 Å². The highest BCUT2D eigenvalue weighted by Crippen LogP contribution is 2.36. The van der Waals surface area contributed by atoms with Gasteiger partial charge in [-0.25, -0.2) is 0 Å². The third-order valence-electron chi connectivity index (χ3n) is 6.36. The first-order valence-corrected chi connectivity index (χ1v) is 10.5. The molecule has 154 valence electrons. The number of carbonyl (C=O) groups excluding carboxylic acids is 1. The van der Waals surface area contributed by atoms with Crippen LogP contribution in [0.5, 0.6) is 11.5 Å². The van der Waals surface area contributed by atoms with Crippen molar-refractivity contribution in [2.45, 2.75) is 56.8 Å². The molecular formula is C24H30N2O3. The van der Waals surface area contributed by atoms with Crippen molar-refractivity contribution in [3.05, 3.63) is 59.7 Å². The molecule has 0 aromatic heterocycles. The number of hydrogen-bond acceptors (Lipinski definition) is 4. The number of nitrogens with one attached hydrogen (secondary N) is 1. The number of ether oxygens (including phenoxy) is 2. The van der Waals surface area contributed by atoms with E-state index >= 15 is 0 Å². The molecule has 2 aliphatic rings. The molecule has 0 saturated carbocycles. The zero-order valence-electron chi connectivity index (χ0n) is 17.3. The van der Waals surface area contributed by atoms with E-state index in [4.69, 9.17) is 9.47 Å². The van der Waals surface area contributed by atoms with Gasteiger partial charge in [0.05, 0.1) is 19.8 Å². The molecule has 2 heterocycles. The molecule has 2 atom stereocenters. The molecule has 2 aromatic rings. The summed E-state index contributed by atoms with van der Waals surface area (Å²) in [6.45, 7) is 0.909. The van der Waals surface area contributed by atoms with Crippen LogP contribution in [0.3, 0.4) is 0 Å². The van der Waals surface area contributed by atoms with Crippen LogP contribution in [0.2, 0.25) is 0 Å². The van der Waals surface area contributed by atoms with Gasteiger partial charge in [-0.3, -0.25) is 9.69 Å². The van der Waals surface area contributed by atoms with Crippen LogP contribution in [0.15, 0.2) is 48.5 Å². The van der Waals surface area contributed by atoms with E-state index in [2.05, 4.69) is 22.3 Å². The Kier molecular flexibility index (Phi) is 6.05. The quantitative estimate of drug-likeness (QED) is 0.804. The highest BCUT2D eigenvalue weighted by molar-refractivity contribution is 5.97. The highest BCUT2D eigenvalue weighted by atomic mass is 16.5. The van der Waals surface area contributed by atoms with Crippen LogP contribution in [0, 0.1) is 0 Å². The van der Waals surface area contributed by atoms with Crippen molar-refractivity contribution in [1.82, 2.24) is 10.2 Å². The van der Waals surface area contributed by atoms with Crippen molar-refractivity contribution in [1.29, 1.82) is 0 Å². The number of rotatable bonds is 6. The van der Waals surface area contributed by atoms with Crippen LogP contribution in [-0.2, 0) is 6.54 Å². The number of piperidine rings is 2. The highest BCUT2D eigenvalue weighted by Gasteiger charge is 2.39. The second-order valence-corrected chi connectivity index (χ2v) is 8.06.